The normalized spacial score (nSPS) is 11.6. The van der Waals surface area contributed by atoms with Crippen LogP contribution in [0.15, 0.2) is 62.6 Å². The van der Waals surface area contributed by atoms with Crippen molar-refractivity contribution in [1.29, 1.82) is 0 Å². The highest BCUT2D eigenvalue weighted by Crippen LogP contribution is 2.37. The Labute approximate surface area is 171 Å². The summed E-state index contributed by atoms with van der Waals surface area (Å²) in [5.41, 5.74) is 4.64. The number of rotatable bonds is 5. The molecule has 0 fully saturated rings. The highest BCUT2D eigenvalue weighted by Gasteiger charge is 2.16. The van der Waals surface area contributed by atoms with Crippen molar-refractivity contribution in [2.45, 2.75) is 11.8 Å². The van der Waals surface area contributed by atoms with Crippen molar-refractivity contribution in [2.75, 3.05) is 7.11 Å². The van der Waals surface area contributed by atoms with Crippen LogP contribution >= 0.6 is 11.3 Å². The number of primary sulfonamides is 1. The van der Waals surface area contributed by atoms with Gasteiger partial charge in [0.1, 0.15) is 5.75 Å². The molecule has 7 nitrogen and oxygen atoms in total. The van der Waals surface area contributed by atoms with Crippen molar-refractivity contribution in [3.05, 3.63) is 58.8 Å². The molecule has 0 aliphatic heterocycles. The number of sulfonamides is 1. The zero-order valence-electron chi connectivity index (χ0n) is 15.6. The fraction of sp³-hybridized carbons (Fsp3) is 0.100. The van der Waals surface area contributed by atoms with Gasteiger partial charge in [-0.2, -0.15) is 16.3 Å². The number of nitrogens with zero attached hydrogens (tertiary/aromatic N) is 2. The third kappa shape index (κ3) is 3.80. The Morgan fingerprint density at radius 3 is 2.38 bits per heavy atom. The largest absolute Gasteiger partial charge is 0.496 e. The summed E-state index contributed by atoms with van der Waals surface area (Å²) < 4.78 is 33.7. The lowest BCUT2D eigenvalue weighted by Gasteiger charge is -2.09. The van der Waals surface area contributed by atoms with E-state index >= 15 is 0 Å². The van der Waals surface area contributed by atoms with Gasteiger partial charge in [-0.15, -0.1) is 0 Å². The molecule has 0 atom stereocenters. The molecule has 4 rings (SSSR count). The van der Waals surface area contributed by atoms with E-state index in [0.29, 0.717) is 23.0 Å². The molecule has 0 saturated heterocycles. The van der Waals surface area contributed by atoms with Crippen LogP contribution in [0.5, 0.6) is 5.75 Å². The summed E-state index contributed by atoms with van der Waals surface area (Å²) in [4.78, 5) is 4.44. The molecule has 0 unspecified atom stereocenters. The number of methoxy groups -OCH3 is 1. The topological polar surface area (TPSA) is 108 Å². The standard InChI is InChI=1S/C20H17N3O4S2/c1-12-10-28-11-17(12)16-8-5-14(9-18(16)26-2)20-22-19(23-27-20)13-3-6-15(7-4-13)29(21,24)25/h3-11H,1-2H3,(H2,21,24,25). The third-order valence-electron chi connectivity index (χ3n) is 4.46. The lowest BCUT2D eigenvalue weighted by atomic mass is 10.0. The highest BCUT2D eigenvalue weighted by atomic mass is 32.2. The quantitative estimate of drug-likeness (QED) is 0.514. The van der Waals surface area contributed by atoms with E-state index in [0.717, 1.165) is 16.7 Å². The molecule has 2 heterocycles. The van der Waals surface area contributed by atoms with Gasteiger partial charge in [0, 0.05) is 16.7 Å². The van der Waals surface area contributed by atoms with Crippen molar-refractivity contribution < 1.29 is 17.7 Å². The Kier molecular flexibility index (Phi) is 4.95. The van der Waals surface area contributed by atoms with Crippen molar-refractivity contribution >= 4 is 21.4 Å². The van der Waals surface area contributed by atoms with E-state index in [1.807, 2.05) is 18.2 Å². The minimum atomic E-state index is -3.75. The second-order valence-electron chi connectivity index (χ2n) is 6.38. The number of hydrogen-bond acceptors (Lipinski definition) is 7. The Balaban J connectivity index is 1.67. The fourth-order valence-corrected chi connectivity index (χ4v) is 4.30. The number of aryl methyl sites for hydroxylation is 1. The number of nitrogens with two attached hydrogens (primary N) is 1. The lowest BCUT2D eigenvalue weighted by molar-refractivity contribution is 0.414. The van der Waals surface area contributed by atoms with E-state index < -0.39 is 10.0 Å². The minimum Gasteiger partial charge on any atom is -0.496 e. The van der Waals surface area contributed by atoms with Gasteiger partial charge in [-0.25, -0.2) is 13.6 Å². The van der Waals surface area contributed by atoms with E-state index in [4.69, 9.17) is 14.4 Å². The molecular weight excluding hydrogens is 410 g/mol. The number of benzene rings is 2. The SMILES string of the molecule is COc1cc(-c2nc(-c3ccc(S(N)(=O)=O)cc3)no2)ccc1-c1cscc1C. The second kappa shape index (κ2) is 7.43. The molecule has 9 heteroatoms. The van der Waals surface area contributed by atoms with E-state index in [2.05, 4.69) is 27.8 Å². The van der Waals surface area contributed by atoms with Gasteiger partial charge in [0.2, 0.25) is 15.8 Å². The first kappa shape index (κ1) is 19.3. The maximum Gasteiger partial charge on any atom is 0.258 e. The molecule has 0 spiro atoms. The monoisotopic (exact) mass is 427 g/mol. The van der Waals surface area contributed by atoms with Gasteiger partial charge in [0.05, 0.1) is 12.0 Å². The first-order valence-electron chi connectivity index (χ1n) is 8.55. The van der Waals surface area contributed by atoms with Gasteiger partial charge < -0.3 is 9.26 Å². The molecule has 0 aliphatic rings. The molecule has 4 aromatic rings. The maximum atomic E-state index is 11.4. The smallest absolute Gasteiger partial charge is 0.258 e. The number of hydrogen-bond donors (Lipinski definition) is 1. The Hall–Kier alpha value is -3.01. The van der Waals surface area contributed by atoms with Crippen LogP contribution in [0.3, 0.4) is 0 Å². The van der Waals surface area contributed by atoms with Crippen molar-refractivity contribution in [3.63, 3.8) is 0 Å². The van der Waals surface area contributed by atoms with Gasteiger partial charge in [0.25, 0.3) is 5.89 Å². The number of aromatic nitrogens is 2. The maximum absolute atomic E-state index is 11.4. The Morgan fingerprint density at radius 1 is 1.03 bits per heavy atom. The van der Waals surface area contributed by atoms with Crippen molar-refractivity contribution in [1.82, 2.24) is 10.1 Å². The third-order valence-corrected chi connectivity index (χ3v) is 6.25. The Bertz CT molecular complexity index is 1280. The van der Waals surface area contributed by atoms with Crippen molar-refractivity contribution in [3.8, 4) is 39.7 Å². The molecule has 2 aromatic carbocycles. The predicted octanol–water partition coefficient (Wildman–Crippen LogP) is 4.10. The zero-order chi connectivity index (χ0) is 20.6. The average Bonchev–Trinajstić information content (AvgIpc) is 3.36. The molecule has 29 heavy (non-hydrogen) atoms. The molecule has 0 aliphatic carbocycles. The molecular formula is C20H17N3O4S2. The zero-order valence-corrected chi connectivity index (χ0v) is 17.3. The highest BCUT2D eigenvalue weighted by molar-refractivity contribution is 7.89. The summed E-state index contributed by atoms with van der Waals surface area (Å²) >= 11 is 1.64. The number of ether oxygens (including phenoxy) is 1. The molecule has 148 valence electrons. The van der Waals surface area contributed by atoms with E-state index in [1.165, 1.54) is 17.7 Å². The van der Waals surface area contributed by atoms with E-state index in [-0.39, 0.29) is 4.90 Å². The molecule has 2 aromatic heterocycles. The first-order chi connectivity index (χ1) is 13.9. The number of thiophene rings is 1. The summed E-state index contributed by atoms with van der Waals surface area (Å²) in [5, 5.41) is 13.3. The molecule has 0 saturated carbocycles. The van der Waals surface area contributed by atoms with Crippen LogP contribution in [0, 0.1) is 6.92 Å². The van der Waals surface area contributed by atoms with Crippen LogP contribution in [-0.4, -0.2) is 25.7 Å². The van der Waals surface area contributed by atoms with Gasteiger partial charge >= 0.3 is 0 Å². The van der Waals surface area contributed by atoms with Crippen LogP contribution in [0.25, 0.3) is 34.0 Å². The van der Waals surface area contributed by atoms with E-state index in [1.54, 1.807) is 30.6 Å². The van der Waals surface area contributed by atoms with Crippen LogP contribution in [0.1, 0.15) is 5.56 Å². The molecule has 2 N–H and O–H groups in total. The predicted molar refractivity (Wildman–Crippen MR) is 111 cm³/mol. The van der Waals surface area contributed by atoms with Gasteiger partial charge in [-0.3, -0.25) is 0 Å². The van der Waals surface area contributed by atoms with Gasteiger partial charge in [0.15, 0.2) is 0 Å². The first-order valence-corrected chi connectivity index (χ1v) is 11.0. The summed E-state index contributed by atoms with van der Waals surface area (Å²) in [6.07, 6.45) is 0. The summed E-state index contributed by atoms with van der Waals surface area (Å²) in [6, 6.07) is 11.7. The Morgan fingerprint density at radius 2 is 1.76 bits per heavy atom. The molecule has 0 bridgehead atoms. The lowest BCUT2D eigenvalue weighted by Crippen LogP contribution is -2.11. The molecule has 0 radical (unpaired) electrons. The minimum absolute atomic E-state index is 0.0222. The van der Waals surface area contributed by atoms with E-state index in [9.17, 15) is 8.42 Å². The van der Waals surface area contributed by atoms with Crippen LogP contribution in [-0.2, 0) is 10.0 Å². The summed E-state index contributed by atoms with van der Waals surface area (Å²) in [7, 11) is -2.13. The van der Waals surface area contributed by atoms with Crippen LogP contribution in [0.4, 0.5) is 0 Å². The van der Waals surface area contributed by atoms with Gasteiger partial charge in [-0.05, 0) is 71.3 Å². The summed E-state index contributed by atoms with van der Waals surface area (Å²) in [6.45, 7) is 2.06. The summed E-state index contributed by atoms with van der Waals surface area (Å²) in [5.74, 6) is 1.39. The van der Waals surface area contributed by atoms with Crippen LogP contribution < -0.4 is 9.88 Å². The van der Waals surface area contributed by atoms with Crippen molar-refractivity contribution in [2.24, 2.45) is 5.14 Å². The fourth-order valence-electron chi connectivity index (χ4n) is 2.93. The second-order valence-corrected chi connectivity index (χ2v) is 8.68. The molecule has 0 amide bonds. The average molecular weight is 428 g/mol. The van der Waals surface area contributed by atoms with Gasteiger partial charge in [-0.1, -0.05) is 5.16 Å². The van der Waals surface area contributed by atoms with Crippen LogP contribution in [0.2, 0.25) is 0 Å².